The smallest absolute Gasteiger partial charge is 0.227 e. The normalized spacial score (nSPS) is 38.5. The lowest BCUT2D eigenvalue weighted by molar-refractivity contribution is -0.134. The highest BCUT2D eigenvalue weighted by atomic mass is 16.5. The molecular weight excluding hydrogens is 276 g/mol. The van der Waals surface area contributed by atoms with Gasteiger partial charge in [0.25, 0.3) is 0 Å². The lowest BCUT2D eigenvalue weighted by atomic mass is 9.67. The number of ether oxygens (including phenoxy) is 1. The van der Waals surface area contributed by atoms with E-state index >= 15 is 0 Å². The molecule has 0 aromatic heterocycles. The Morgan fingerprint density at radius 1 is 1.23 bits per heavy atom. The second-order valence-corrected chi connectivity index (χ2v) is 7.66. The number of hydrogen-bond acceptors (Lipinski definition) is 3. The van der Waals surface area contributed by atoms with Gasteiger partial charge in [-0.25, -0.2) is 0 Å². The predicted octanol–water partition coefficient (Wildman–Crippen LogP) is 2.48. The zero-order valence-electron chi connectivity index (χ0n) is 14.0. The molecule has 2 saturated carbocycles. The van der Waals surface area contributed by atoms with Gasteiger partial charge in [-0.3, -0.25) is 4.79 Å². The van der Waals surface area contributed by atoms with E-state index in [1.807, 2.05) is 0 Å². The van der Waals surface area contributed by atoms with E-state index < -0.39 is 0 Å². The number of carbonyl (C=O) groups excluding carboxylic acids is 1. The molecule has 1 amide bonds. The summed E-state index contributed by atoms with van der Waals surface area (Å²) in [5.74, 6) is 1.48. The first-order valence-corrected chi connectivity index (χ1v) is 9.33. The topological polar surface area (TPSA) is 50.4 Å². The Morgan fingerprint density at radius 3 is 2.91 bits per heavy atom. The number of rotatable bonds is 5. The van der Waals surface area contributed by atoms with Crippen LogP contribution in [0.15, 0.2) is 0 Å². The molecule has 2 N–H and O–H groups in total. The highest BCUT2D eigenvalue weighted by Gasteiger charge is 2.49. The van der Waals surface area contributed by atoms with Crippen molar-refractivity contribution in [2.75, 3.05) is 26.2 Å². The van der Waals surface area contributed by atoms with Gasteiger partial charge in [0.2, 0.25) is 5.91 Å². The van der Waals surface area contributed by atoms with Gasteiger partial charge in [-0.15, -0.1) is 0 Å². The quantitative estimate of drug-likeness (QED) is 0.767. The van der Waals surface area contributed by atoms with E-state index in [4.69, 9.17) is 4.74 Å². The Bertz CT molecular complexity index is 387. The van der Waals surface area contributed by atoms with Crippen LogP contribution >= 0.6 is 0 Å². The molecule has 0 aromatic rings. The molecule has 0 radical (unpaired) electrons. The van der Waals surface area contributed by atoms with Gasteiger partial charge in [-0.05, 0) is 44.1 Å². The van der Waals surface area contributed by atoms with Crippen molar-refractivity contribution in [3.63, 3.8) is 0 Å². The van der Waals surface area contributed by atoms with Crippen LogP contribution in [0.25, 0.3) is 0 Å². The summed E-state index contributed by atoms with van der Waals surface area (Å²) in [5.41, 5.74) is -0.129. The minimum absolute atomic E-state index is 0.129. The Kier molecular flexibility index (Phi) is 5.40. The Balaban J connectivity index is 1.42. The fraction of sp³-hybridized carbons (Fsp3) is 0.944. The SMILES string of the molecule is CC1CCCCC1OCCNC(=O)[C@@]12CCCC[C@H]1CNC2. The maximum Gasteiger partial charge on any atom is 0.227 e. The monoisotopic (exact) mass is 308 g/mol. The molecule has 0 spiro atoms. The van der Waals surface area contributed by atoms with E-state index in [9.17, 15) is 4.79 Å². The molecule has 0 aromatic carbocycles. The zero-order chi connectivity index (χ0) is 15.4. The molecule has 4 nitrogen and oxygen atoms in total. The molecule has 126 valence electrons. The third kappa shape index (κ3) is 3.33. The molecule has 3 aliphatic rings. The van der Waals surface area contributed by atoms with E-state index in [1.165, 1.54) is 44.9 Å². The van der Waals surface area contributed by atoms with Gasteiger partial charge < -0.3 is 15.4 Å². The first-order valence-electron chi connectivity index (χ1n) is 9.33. The van der Waals surface area contributed by atoms with Crippen molar-refractivity contribution in [3.05, 3.63) is 0 Å². The van der Waals surface area contributed by atoms with E-state index in [-0.39, 0.29) is 11.3 Å². The van der Waals surface area contributed by atoms with E-state index in [2.05, 4.69) is 17.6 Å². The van der Waals surface area contributed by atoms with Crippen LogP contribution in [-0.4, -0.2) is 38.3 Å². The van der Waals surface area contributed by atoms with E-state index in [0.29, 0.717) is 31.1 Å². The summed E-state index contributed by atoms with van der Waals surface area (Å²) in [4.78, 5) is 12.7. The largest absolute Gasteiger partial charge is 0.376 e. The van der Waals surface area contributed by atoms with Crippen molar-refractivity contribution in [1.29, 1.82) is 0 Å². The molecular formula is C18H32N2O2. The second-order valence-electron chi connectivity index (χ2n) is 7.66. The van der Waals surface area contributed by atoms with Crippen LogP contribution in [0, 0.1) is 17.3 Å². The number of amides is 1. The van der Waals surface area contributed by atoms with Crippen molar-refractivity contribution in [2.45, 2.75) is 64.4 Å². The van der Waals surface area contributed by atoms with Crippen molar-refractivity contribution in [2.24, 2.45) is 17.3 Å². The maximum absolute atomic E-state index is 12.7. The fourth-order valence-corrected chi connectivity index (χ4v) is 4.77. The van der Waals surface area contributed by atoms with Crippen molar-refractivity contribution in [1.82, 2.24) is 10.6 Å². The molecule has 2 aliphatic carbocycles. The van der Waals surface area contributed by atoms with Gasteiger partial charge in [0.05, 0.1) is 18.1 Å². The van der Waals surface area contributed by atoms with Crippen molar-refractivity contribution >= 4 is 5.91 Å². The first kappa shape index (κ1) is 16.3. The van der Waals surface area contributed by atoms with Crippen LogP contribution in [0.1, 0.15) is 58.3 Å². The molecule has 3 rings (SSSR count). The summed E-state index contributed by atoms with van der Waals surface area (Å²) in [6.45, 7) is 5.50. The van der Waals surface area contributed by atoms with Crippen LogP contribution in [0.4, 0.5) is 0 Å². The Hall–Kier alpha value is -0.610. The van der Waals surface area contributed by atoms with Crippen molar-refractivity contribution < 1.29 is 9.53 Å². The lowest BCUT2D eigenvalue weighted by Gasteiger charge is -2.37. The fourth-order valence-electron chi connectivity index (χ4n) is 4.77. The van der Waals surface area contributed by atoms with Crippen LogP contribution in [0.5, 0.6) is 0 Å². The molecule has 1 aliphatic heterocycles. The van der Waals surface area contributed by atoms with E-state index in [0.717, 1.165) is 19.5 Å². The summed E-state index contributed by atoms with van der Waals surface area (Å²) in [6.07, 6.45) is 10.2. The molecule has 4 atom stereocenters. The summed E-state index contributed by atoms with van der Waals surface area (Å²) in [6, 6.07) is 0. The summed E-state index contributed by atoms with van der Waals surface area (Å²) < 4.78 is 6.01. The third-order valence-electron chi connectivity index (χ3n) is 6.24. The maximum atomic E-state index is 12.7. The second kappa shape index (κ2) is 7.31. The summed E-state index contributed by atoms with van der Waals surface area (Å²) in [5, 5.41) is 6.61. The van der Waals surface area contributed by atoms with Gasteiger partial charge in [0.15, 0.2) is 0 Å². The number of fused-ring (bicyclic) bond motifs is 1. The lowest BCUT2D eigenvalue weighted by Crippen LogP contribution is -2.48. The number of carbonyl (C=O) groups is 1. The minimum Gasteiger partial charge on any atom is -0.376 e. The highest BCUT2D eigenvalue weighted by Crippen LogP contribution is 2.43. The van der Waals surface area contributed by atoms with Crippen LogP contribution < -0.4 is 10.6 Å². The molecule has 2 unspecified atom stereocenters. The standard InChI is InChI=1S/C18H32N2O2/c1-14-6-2-3-8-16(14)22-11-10-20-17(21)18-9-5-4-7-15(18)12-19-13-18/h14-16,19H,2-13H2,1H3,(H,20,21)/t14?,15-,16?,18+/m0/s1. The molecule has 1 heterocycles. The van der Waals surface area contributed by atoms with Crippen LogP contribution in [0.2, 0.25) is 0 Å². The average molecular weight is 308 g/mol. The number of nitrogens with one attached hydrogen (secondary N) is 2. The Morgan fingerprint density at radius 2 is 2.05 bits per heavy atom. The minimum atomic E-state index is -0.129. The van der Waals surface area contributed by atoms with Crippen molar-refractivity contribution in [3.8, 4) is 0 Å². The highest BCUT2D eigenvalue weighted by molar-refractivity contribution is 5.83. The summed E-state index contributed by atoms with van der Waals surface area (Å²) in [7, 11) is 0. The Labute approximate surface area is 134 Å². The third-order valence-corrected chi connectivity index (χ3v) is 6.24. The molecule has 22 heavy (non-hydrogen) atoms. The summed E-state index contributed by atoms with van der Waals surface area (Å²) >= 11 is 0. The van der Waals surface area contributed by atoms with Gasteiger partial charge in [0, 0.05) is 13.1 Å². The van der Waals surface area contributed by atoms with Gasteiger partial charge in [0.1, 0.15) is 0 Å². The zero-order valence-corrected chi connectivity index (χ0v) is 14.0. The molecule has 4 heteroatoms. The molecule has 0 bridgehead atoms. The predicted molar refractivity (Wildman–Crippen MR) is 87.6 cm³/mol. The molecule has 1 saturated heterocycles. The van der Waals surface area contributed by atoms with Gasteiger partial charge in [-0.1, -0.05) is 32.6 Å². The van der Waals surface area contributed by atoms with Gasteiger partial charge in [-0.2, -0.15) is 0 Å². The first-order chi connectivity index (χ1) is 10.7. The van der Waals surface area contributed by atoms with Crippen LogP contribution in [0.3, 0.4) is 0 Å². The van der Waals surface area contributed by atoms with Gasteiger partial charge >= 0.3 is 0 Å². The van der Waals surface area contributed by atoms with Crippen LogP contribution in [-0.2, 0) is 9.53 Å². The molecule has 3 fully saturated rings. The number of hydrogen-bond donors (Lipinski definition) is 2. The van der Waals surface area contributed by atoms with E-state index in [1.54, 1.807) is 0 Å². The average Bonchev–Trinajstić information content (AvgIpc) is 2.98.